The first-order valence-corrected chi connectivity index (χ1v) is 5.34. The van der Waals surface area contributed by atoms with Gasteiger partial charge in [-0.1, -0.05) is 0 Å². The zero-order valence-corrected chi connectivity index (χ0v) is 9.30. The van der Waals surface area contributed by atoms with E-state index in [0.717, 1.165) is 6.07 Å². The smallest absolute Gasteiger partial charge is 0.229 e. The number of hydrogen-bond donors (Lipinski definition) is 5. The Labute approximate surface area is 102 Å². The van der Waals surface area contributed by atoms with Crippen LogP contribution in [0.3, 0.4) is 0 Å². The fourth-order valence-corrected chi connectivity index (χ4v) is 1.67. The maximum absolute atomic E-state index is 9.62. The van der Waals surface area contributed by atoms with E-state index in [1.165, 1.54) is 12.1 Å². The van der Waals surface area contributed by atoms with Crippen LogP contribution >= 0.6 is 0 Å². The van der Waals surface area contributed by atoms with Crippen molar-refractivity contribution in [2.45, 2.75) is 24.6 Å². The standard InChI is InChI=1S/C11H14O7/c12-4-8-9(15)10(16)11(18-8)17-5-1-2-6(13)7(14)3-5/h1-3,8-16H,4H2/t8-,9-,10-,11+/m1/s1. The highest BCUT2D eigenvalue weighted by Gasteiger charge is 2.43. The maximum Gasteiger partial charge on any atom is 0.229 e. The second kappa shape index (κ2) is 4.99. The third kappa shape index (κ3) is 2.34. The van der Waals surface area contributed by atoms with Crippen molar-refractivity contribution in [3.63, 3.8) is 0 Å². The fourth-order valence-electron chi connectivity index (χ4n) is 1.67. The van der Waals surface area contributed by atoms with E-state index in [0.29, 0.717) is 0 Å². The van der Waals surface area contributed by atoms with Gasteiger partial charge in [0.05, 0.1) is 6.61 Å². The van der Waals surface area contributed by atoms with Gasteiger partial charge in [-0.25, -0.2) is 0 Å². The lowest BCUT2D eigenvalue weighted by atomic mass is 10.1. The molecule has 2 rings (SSSR count). The molecule has 7 heteroatoms. The summed E-state index contributed by atoms with van der Waals surface area (Å²) in [5.41, 5.74) is 0. The Morgan fingerprint density at radius 1 is 1.11 bits per heavy atom. The van der Waals surface area contributed by atoms with E-state index in [1.807, 2.05) is 0 Å². The van der Waals surface area contributed by atoms with Crippen LogP contribution in [-0.4, -0.2) is 56.7 Å². The van der Waals surface area contributed by atoms with Crippen LogP contribution in [-0.2, 0) is 4.74 Å². The lowest BCUT2D eigenvalue weighted by molar-refractivity contribution is -0.116. The van der Waals surface area contributed by atoms with Gasteiger partial charge >= 0.3 is 0 Å². The SMILES string of the molecule is OC[C@H]1O[C@H](Oc2ccc(O)c(O)c2)[C@H](O)[C@@H]1O. The van der Waals surface area contributed by atoms with Gasteiger partial charge in [0, 0.05) is 6.07 Å². The van der Waals surface area contributed by atoms with Gasteiger partial charge in [0.1, 0.15) is 24.1 Å². The molecule has 0 radical (unpaired) electrons. The summed E-state index contributed by atoms with van der Waals surface area (Å²) >= 11 is 0. The molecular formula is C11H14O7. The highest BCUT2D eigenvalue weighted by atomic mass is 16.7. The van der Waals surface area contributed by atoms with Gasteiger partial charge in [-0.2, -0.15) is 0 Å². The molecule has 0 amide bonds. The Hall–Kier alpha value is -1.54. The van der Waals surface area contributed by atoms with Crippen molar-refractivity contribution in [1.29, 1.82) is 0 Å². The molecule has 7 nitrogen and oxygen atoms in total. The van der Waals surface area contributed by atoms with Crippen LogP contribution in [0.2, 0.25) is 0 Å². The number of phenols is 2. The van der Waals surface area contributed by atoms with Crippen molar-refractivity contribution in [3.8, 4) is 17.2 Å². The average molecular weight is 258 g/mol. The minimum absolute atomic E-state index is 0.153. The van der Waals surface area contributed by atoms with E-state index in [1.54, 1.807) is 0 Å². The monoisotopic (exact) mass is 258 g/mol. The molecule has 1 aromatic rings. The van der Waals surface area contributed by atoms with Crippen molar-refractivity contribution >= 4 is 0 Å². The van der Waals surface area contributed by atoms with Crippen molar-refractivity contribution in [3.05, 3.63) is 18.2 Å². The Bertz CT molecular complexity index is 422. The second-order valence-electron chi connectivity index (χ2n) is 3.98. The summed E-state index contributed by atoms with van der Waals surface area (Å²) < 4.78 is 10.3. The molecule has 0 spiro atoms. The number of ether oxygens (including phenoxy) is 2. The molecule has 1 fully saturated rings. The molecule has 5 N–H and O–H groups in total. The number of phenolic OH excluding ortho intramolecular Hbond substituents is 2. The number of hydrogen-bond acceptors (Lipinski definition) is 7. The van der Waals surface area contributed by atoms with Crippen LogP contribution in [0.5, 0.6) is 17.2 Å². The highest BCUT2D eigenvalue weighted by molar-refractivity contribution is 5.43. The molecule has 1 aromatic carbocycles. The number of aromatic hydroxyl groups is 2. The van der Waals surface area contributed by atoms with Crippen molar-refractivity contribution < 1.29 is 35.0 Å². The summed E-state index contributed by atoms with van der Waals surface area (Å²) in [6.07, 6.45) is -4.62. The van der Waals surface area contributed by atoms with Crippen LogP contribution in [0.4, 0.5) is 0 Å². The zero-order chi connectivity index (χ0) is 13.3. The molecule has 4 atom stereocenters. The third-order valence-corrected chi connectivity index (χ3v) is 2.70. The van der Waals surface area contributed by atoms with E-state index in [-0.39, 0.29) is 17.2 Å². The number of aliphatic hydroxyl groups is 3. The molecule has 18 heavy (non-hydrogen) atoms. The normalized spacial score (nSPS) is 31.5. The molecule has 100 valence electrons. The van der Waals surface area contributed by atoms with E-state index in [4.69, 9.17) is 19.7 Å². The molecule has 0 aliphatic carbocycles. The van der Waals surface area contributed by atoms with Gasteiger partial charge in [-0.05, 0) is 12.1 Å². The van der Waals surface area contributed by atoms with Crippen LogP contribution in [0.15, 0.2) is 18.2 Å². The molecule has 1 saturated heterocycles. The molecule has 1 aliphatic heterocycles. The van der Waals surface area contributed by atoms with Crippen LogP contribution in [0.1, 0.15) is 0 Å². The summed E-state index contributed by atoms with van der Waals surface area (Å²) in [4.78, 5) is 0. The highest BCUT2D eigenvalue weighted by Crippen LogP contribution is 2.31. The van der Waals surface area contributed by atoms with Gasteiger partial charge in [0.25, 0.3) is 0 Å². The van der Waals surface area contributed by atoms with Gasteiger partial charge in [-0.3, -0.25) is 0 Å². The summed E-state index contributed by atoms with van der Waals surface area (Å²) in [5, 5.41) is 46.4. The Morgan fingerprint density at radius 2 is 1.83 bits per heavy atom. The van der Waals surface area contributed by atoms with E-state index >= 15 is 0 Å². The quantitative estimate of drug-likeness (QED) is 0.437. The Balaban J connectivity index is 2.07. The summed E-state index contributed by atoms with van der Waals surface area (Å²) in [6.45, 7) is -0.446. The molecule has 0 unspecified atom stereocenters. The molecule has 0 aromatic heterocycles. The molecule has 1 aliphatic rings. The molecule has 0 saturated carbocycles. The van der Waals surface area contributed by atoms with Gasteiger partial charge in [0.15, 0.2) is 11.5 Å². The Morgan fingerprint density at radius 3 is 2.39 bits per heavy atom. The summed E-state index contributed by atoms with van der Waals surface area (Å²) in [7, 11) is 0. The topological polar surface area (TPSA) is 120 Å². The van der Waals surface area contributed by atoms with Gasteiger partial charge in [-0.15, -0.1) is 0 Å². The first kappa shape index (κ1) is 12.9. The summed E-state index contributed by atoms with van der Waals surface area (Å²) in [5.74, 6) is -0.525. The lowest BCUT2D eigenvalue weighted by Gasteiger charge is -2.16. The zero-order valence-electron chi connectivity index (χ0n) is 9.30. The van der Waals surface area contributed by atoms with Crippen LogP contribution in [0, 0.1) is 0 Å². The maximum atomic E-state index is 9.62. The minimum Gasteiger partial charge on any atom is -0.504 e. The predicted molar refractivity (Wildman–Crippen MR) is 58.2 cm³/mol. The third-order valence-electron chi connectivity index (χ3n) is 2.70. The van der Waals surface area contributed by atoms with Crippen molar-refractivity contribution in [1.82, 2.24) is 0 Å². The number of rotatable bonds is 3. The van der Waals surface area contributed by atoms with Crippen LogP contribution in [0.25, 0.3) is 0 Å². The van der Waals surface area contributed by atoms with E-state index < -0.39 is 31.2 Å². The second-order valence-corrected chi connectivity index (χ2v) is 3.98. The number of benzene rings is 1. The van der Waals surface area contributed by atoms with Crippen molar-refractivity contribution in [2.75, 3.05) is 6.61 Å². The Kier molecular flexibility index (Phi) is 3.58. The van der Waals surface area contributed by atoms with Gasteiger partial charge < -0.3 is 35.0 Å². The summed E-state index contributed by atoms with van der Waals surface area (Å²) in [6, 6.07) is 3.72. The van der Waals surface area contributed by atoms with E-state index in [2.05, 4.69) is 0 Å². The van der Waals surface area contributed by atoms with Crippen LogP contribution < -0.4 is 4.74 Å². The number of aliphatic hydroxyl groups excluding tert-OH is 3. The fraction of sp³-hybridized carbons (Fsp3) is 0.455. The van der Waals surface area contributed by atoms with Crippen molar-refractivity contribution in [2.24, 2.45) is 0 Å². The predicted octanol–water partition coefficient (Wildman–Crippen LogP) is -1.08. The van der Waals surface area contributed by atoms with Gasteiger partial charge in [0.2, 0.25) is 6.29 Å². The average Bonchev–Trinajstić information content (AvgIpc) is 2.62. The molecule has 1 heterocycles. The molecule has 0 bridgehead atoms. The lowest BCUT2D eigenvalue weighted by Crippen LogP contribution is -2.35. The first-order chi connectivity index (χ1) is 8.52. The minimum atomic E-state index is -1.31. The van der Waals surface area contributed by atoms with E-state index in [9.17, 15) is 15.3 Å². The molecular weight excluding hydrogens is 244 g/mol. The first-order valence-electron chi connectivity index (χ1n) is 5.34. The largest absolute Gasteiger partial charge is 0.504 e.